The first kappa shape index (κ1) is 30.7. The highest BCUT2D eigenvalue weighted by Crippen LogP contribution is 2.28. The number of carbonyl (C=O) groups excluding carboxylic acids is 2. The average Bonchev–Trinajstić information content (AvgIpc) is 2.94. The predicted molar refractivity (Wildman–Crippen MR) is 158 cm³/mol. The zero-order valence-electron chi connectivity index (χ0n) is 24.0. The molecule has 0 radical (unpaired) electrons. The Kier molecular flexibility index (Phi) is 10.3. The molecule has 3 rings (SSSR count). The summed E-state index contributed by atoms with van der Waals surface area (Å²) in [4.78, 5) is 28.6. The van der Waals surface area contributed by atoms with E-state index in [0.717, 1.165) is 21.0 Å². The zero-order valence-corrected chi connectivity index (χ0v) is 24.9. The summed E-state index contributed by atoms with van der Waals surface area (Å²) < 4.78 is 34.5. The number of nitrogens with zero attached hydrogens (tertiary/aromatic N) is 2. The fourth-order valence-electron chi connectivity index (χ4n) is 4.36. The van der Waals surface area contributed by atoms with Crippen LogP contribution in [0.1, 0.15) is 44.4 Å². The molecular formula is C31H39N3O5S. The summed E-state index contributed by atoms with van der Waals surface area (Å²) >= 11 is 0. The summed E-state index contributed by atoms with van der Waals surface area (Å²) in [5, 5.41) is 2.86. The van der Waals surface area contributed by atoms with E-state index in [0.29, 0.717) is 17.9 Å². The first-order valence-electron chi connectivity index (χ1n) is 13.4. The number of carbonyl (C=O) groups is 2. The van der Waals surface area contributed by atoms with E-state index in [4.69, 9.17) is 4.74 Å². The quantitative estimate of drug-likeness (QED) is 0.343. The second-order valence-electron chi connectivity index (χ2n) is 10.0. The van der Waals surface area contributed by atoms with Crippen molar-refractivity contribution in [3.05, 3.63) is 89.5 Å². The molecule has 0 bridgehead atoms. The number of benzene rings is 3. The molecule has 0 aromatic heterocycles. The number of hydrogen-bond donors (Lipinski definition) is 1. The van der Waals surface area contributed by atoms with Gasteiger partial charge in [-0.25, -0.2) is 8.42 Å². The van der Waals surface area contributed by atoms with Crippen molar-refractivity contribution in [1.82, 2.24) is 10.2 Å². The zero-order chi connectivity index (χ0) is 29.4. The average molecular weight is 566 g/mol. The van der Waals surface area contributed by atoms with Gasteiger partial charge in [-0.2, -0.15) is 0 Å². The number of aryl methyl sites for hydroxylation is 2. The first-order valence-corrected chi connectivity index (χ1v) is 14.8. The molecule has 8 nitrogen and oxygen atoms in total. The number of sulfonamides is 1. The minimum absolute atomic E-state index is 0.0850. The number of rotatable bonds is 12. The van der Waals surface area contributed by atoms with Crippen LogP contribution in [0.2, 0.25) is 0 Å². The van der Waals surface area contributed by atoms with Crippen molar-refractivity contribution in [2.75, 3.05) is 18.0 Å². The number of amides is 2. The van der Waals surface area contributed by atoms with E-state index in [9.17, 15) is 18.0 Å². The number of para-hydroxylation sites is 1. The van der Waals surface area contributed by atoms with Crippen LogP contribution in [0.3, 0.4) is 0 Å². The number of anilines is 1. The molecule has 0 fully saturated rings. The fourth-order valence-corrected chi connectivity index (χ4v) is 5.81. The standard InChI is InChI=1S/C31H39N3O5S/c1-7-26-12-8-9-14-29(26)34(40(37,38)28-17-15-23(4)16-18-28)21-30(35)33(24(5)31(36)32-22(2)3)20-25-11-10-13-27(19-25)39-6/h8-19,22,24H,7,20-21H2,1-6H3,(H,32,36)/t24-/m0/s1. The summed E-state index contributed by atoms with van der Waals surface area (Å²) in [5.74, 6) is -0.214. The van der Waals surface area contributed by atoms with Crippen LogP contribution in [0.15, 0.2) is 77.7 Å². The second kappa shape index (κ2) is 13.5. The molecule has 0 unspecified atom stereocenters. The molecule has 2 amide bonds. The highest BCUT2D eigenvalue weighted by molar-refractivity contribution is 7.92. The first-order chi connectivity index (χ1) is 19.0. The summed E-state index contributed by atoms with van der Waals surface area (Å²) in [7, 11) is -2.56. The second-order valence-corrected chi connectivity index (χ2v) is 11.9. The van der Waals surface area contributed by atoms with E-state index < -0.39 is 28.5 Å². The van der Waals surface area contributed by atoms with Crippen molar-refractivity contribution in [1.29, 1.82) is 0 Å². The number of methoxy groups -OCH3 is 1. The summed E-state index contributed by atoms with van der Waals surface area (Å²) in [6.07, 6.45) is 0.574. The molecule has 0 saturated heterocycles. The Morgan fingerprint density at radius 3 is 2.25 bits per heavy atom. The van der Waals surface area contributed by atoms with Gasteiger partial charge >= 0.3 is 0 Å². The Morgan fingerprint density at radius 2 is 1.62 bits per heavy atom. The lowest BCUT2D eigenvalue weighted by molar-refractivity contribution is -0.139. The summed E-state index contributed by atoms with van der Waals surface area (Å²) in [5.41, 5.74) is 2.89. The Bertz CT molecular complexity index is 1420. The largest absolute Gasteiger partial charge is 0.497 e. The molecule has 3 aromatic carbocycles. The Labute approximate surface area is 238 Å². The molecule has 0 aliphatic carbocycles. The summed E-state index contributed by atoms with van der Waals surface area (Å²) in [6.45, 7) is 8.77. The van der Waals surface area contributed by atoms with Crippen LogP contribution in [-0.2, 0) is 32.6 Å². The topological polar surface area (TPSA) is 96.0 Å². The third-order valence-corrected chi connectivity index (χ3v) is 8.39. The van der Waals surface area contributed by atoms with Crippen molar-refractivity contribution in [2.45, 2.75) is 64.6 Å². The number of ether oxygens (including phenoxy) is 1. The van der Waals surface area contributed by atoms with Crippen LogP contribution in [0.4, 0.5) is 5.69 Å². The van der Waals surface area contributed by atoms with Gasteiger partial charge in [-0.3, -0.25) is 13.9 Å². The molecule has 0 spiro atoms. The van der Waals surface area contributed by atoms with Crippen molar-refractivity contribution in [3.63, 3.8) is 0 Å². The third kappa shape index (κ3) is 7.41. The Morgan fingerprint density at radius 1 is 0.950 bits per heavy atom. The van der Waals surface area contributed by atoms with E-state index >= 15 is 0 Å². The normalized spacial score (nSPS) is 12.1. The van der Waals surface area contributed by atoms with E-state index in [-0.39, 0.29) is 23.4 Å². The van der Waals surface area contributed by atoms with Gasteiger partial charge in [0.2, 0.25) is 11.8 Å². The lowest BCUT2D eigenvalue weighted by atomic mass is 10.1. The highest BCUT2D eigenvalue weighted by Gasteiger charge is 2.33. The molecule has 214 valence electrons. The van der Waals surface area contributed by atoms with Gasteiger partial charge in [-0.05, 0) is 75.6 Å². The highest BCUT2D eigenvalue weighted by atomic mass is 32.2. The van der Waals surface area contributed by atoms with Gasteiger partial charge in [-0.15, -0.1) is 0 Å². The van der Waals surface area contributed by atoms with E-state index in [1.807, 2.05) is 45.9 Å². The van der Waals surface area contributed by atoms with Gasteiger partial charge in [-0.1, -0.05) is 55.0 Å². The van der Waals surface area contributed by atoms with Crippen molar-refractivity contribution in [2.24, 2.45) is 0 Å². The monoisotopic (exact) mass is 565 g/mol. The van der Waals surface area contributed by atoms with Crippen molar-refractivity contribution >= 4 is 27.5 Å². The number of nitrogens with one attached hydrogen (secondary N) is 1. The van der Waals surface area contributed by atoms with Crippen LogP contribution < -0.4 is 14.4 Å². The van der Waals surface area contributed by atoms with Crippen LogP contribution in [0, 0.1) is 6.92 Å². The van der Waals surface area contributed by atoms with Crippen molar-refractivity contribution in [3.8, 4) is 5.75 Å². The molecule has 1 N–H and O–H groups in total. The molecule has 0 aliphatic heterocycles. The summed E-state index contributed by atoms with van der Waals surface area (Å²) in [6, 6.07) is 19.9. The van der Waals surface area contributed by atoms with E-state index in [1.165, 1.54) is 4.90 Å². The van der Waals surface area contributed by atoms with Gasteiger partial charge in [0.25, 0.3) is 10.0 Å². The molecule has 9 heteroatoms. The lowest BCUT2D eigenvalue weighted by Crippen LogP contribution is -2.52. The van der Waals surface area contributed by atoms with Crippen LogP contribution in [0.25, 0.3) is 0 Å². The lowest BCUT2D eigenvalue weighted by Gasteiger charge is -2.33. The van der Waals surface area contributed by atoms with Crippen LogP contribution >= 0.6 is 0 Å². The van der Waals surface area contributed by atoms with Crippen LogP contribution in [0.5, 0.6) is 5.75 Å². The third-order valence-electron chi connectivity index (χ3n) is 6.61. The maximum Gasteiger partial charge on any atom is 0.264 e. The molecule has 3 aromatic rings. The van der Waals surface area contributed by atoms with E-state index in [1.54, 1.807) is 68.6 Å². The van der Waals surface area contributed by atoms with Gasteiger partial charge in [0.05, 0.1) is 17.7 Å². The smallest absolute Gasteiger partial charge is 0.264 e. The Balaban J connectivity index is 2.07. The number of hydrogen-bond acceptors (Lipinski definition) is 5. The minimum Gasteiger partial charge on any atom is -0.497 e. The molecule has 1 atom stereocenters. The molecule has 0 aliphatic rings. The van der Waals surface area contributed by atoms with Gasteiger partial charge in [0, 0.05) is 12.6 Å². The van der Waals surface area contributed by atoms with Gasteiger partial charge in [0.1, 0.15) is 18.3 Å². The van der Waals surface area contributed by atoms with Gasteiger partial charge < -0.3 is 15.0 Å². The van der Waals surface area contributed by atoms with Gasteiger partial charge in [0.15, 0.2) is 0 Å². The molecular weight excluding hydrogens is 526 g/mol. The maximum absolute atomic E-state index is 14.1. The Hall–Kier alpha value is -3.85. The maximum atomic E-state index is 14.1. The van der Waals surface area contributed by atoms with E-state index in [2.05, 4.69) is 5.32 Å². The molecule has 0 heterocycles. The molecule has 0 saturated carbocycles. The van der Waals surface area contributed by atoms with Crippen LogP contribution in [-0.4, -0.2) is 50.9 Å². The SMILES string of the molecule is CCc1ccccc1N(CC(=O)N(Cc1cccc(OC)c1)[C@@H](C)C(=O)NC(C)C)S(=O)(=O)c1ccc(C)cc1. The predicted octanol–water partition coefficient (Wildman–Crippen LogP) is 4.70. The fraction of sp³-hybridized carbons (Fsp3) is 0.355. The molecule has 40 heavy (non-hydrogen) atoms. The minimum atomic E-state index is -4.12. The van der Waals surface area contributed by atoms with Crippen molar-refractivity contribution < 1.29 is 22.7 Å².